The van der Waals surface area contributed by atoms with Gasteiger partial charge in [0.1, 0.15) is 0 Å². The molecule has 7 nitrogen and oxygen atoms in total. The van der Waals surface area contributed by atoms with Crippen molar-refractivity contribution in [3.8, 4) is 0 Å². The van der Waals surface area contributed by atoms with Crippen LogP contribution in [0.3, 0.4) is 0 Å². The third kappa shape index (κ3) is 7.81. The Morgan fingerprint density at radius 1 is 1.21 bits per heavy atom. The van der Waals surface area contributed by atoms with E-state index in [0.717, 1.165) is 38.5 Å². The van der Waals surface area contributed by atoms with Crippen LogP contribution in [0.1, 0.15) is 46.0 Å². The SMILES string of the molecule is CCNC(=NCC1(CCOC)CCC1)NCCCNS(=O)(=O)CC. The minimum absolute atomic E-state index is 0.119. The number of nitrogens with zero attached hydrogens (tertiary/aromatic N) is 1. The molecule has 0 atom stereocenters. The highest BCUT2D eigenvalue weighted by molar-refractivity contribution is 7.89. The second-order valence-electron chi connectivity index (χ2n) is 6.37. The fourth-order valence-corrected chi connectivity index (χ4v) is 3.36. The van der Waals surface area contributed by atoms with E-state index in [-0.39, 0.29) is 5.75 Å². The molecule has 1 fully saturated rings. The van der Waals surface area contributed by atoms with Crippen molar-refractivity contribution >= 4 is 16.0 Å². The zero-order valence-electron chi connectivity index (χ0n) is 15.4. The van der Waals surface area contributed by atoms with Gasteiger partial charge in [-0.05, 0) is 44.9 Å². The van der Waals surface area contributed by atoms with E-state index in [0.29, 0.717) is 18.5 Å². The first-order chi connectivity index (χ1) is 11.5. The van der Waals surface area contributed by atoms with Crippen LogP contribution in [-0.4, -0.2) is 60.0 Å². The highest BCUT2D eigenvalue weighted by Gasteiger charge is 2.36. The van der Waals surface area contributed by atoms with Gasteiger partial charge in [0.05, 0.1) is 5.75 Å². The summed E-state index contributed by atoms with van der Waals surface area (Å²) in [6.45, 7) is 7.21. The van der Waals surface area contributed by atoms with Crippen LogP contribution in [0.15, 0.2) is 4.99 Å². The van der Waals surface area contributed by atoms with Crippen molar-refractivity contribution in [2.75, 3.05) is 45.6 Å². The Balaban J connectivity index is 2.37. The second-order valence-corrected chi connectivity index (χ2v) is 8.47. The number of ether oxygens (including phenoxy) is 1. The van der Waals surface area contributed by atoms with Crippen LogP contribution < -0.4 is 15.4 Å². The molecule has 3 N–H and O–H groups in total. The summed E-state index contributed by atoms with van der Waals surface area (Å²) in [5, 5.41) is 6.52. The zero-order chi connectivity index (χ0) is 17.9. The van der Waals surface area contributed by atoms with E-state index in [1.54, 1.807) is 14.0 Å². The van der Waals surface area contributed by atoms with E-state index in [4.69, 9.17) is 9.73 Å². The summed E-state index contributed by atoms with van der Waals surface area (Å²) in [5.41, 5.74) is 0.301. The van der Waals surface area contributed by atoms with Crippen molar-refractivity contribution in [3.05, 3.63) is 0 Å². The minimum atomic E-state index is -3.10. The van der Waals surface area contributed by atoms with Gasteiger partial charge in [-0.2, -0.15) is 0 Å². The van der Waals surface area contributed by atoms with Crippen LogP contribution in [0.2, 0.25) is 0 Å². The van der Waals surface area contributed by atoms with E-state index >= 15 is 0 Å². The summed E-state index contributed by atoms with van der Waals surface area (Å²) in [6.07, 6.45) is 5.50. The lowest BCUT2D eigenvalue weighted by molar-refractivity contribution is 0.0778. The number of nitrogens with one attached hydrogen (secondary N) is 3. The monoisotopic (exact) mass is 362 g/mol. The van der Waals surface area contributed by atoms with E-state index in [9.17, 15) is 8.42 Å². The van der Waals surface area contributed by atoms with Crippen molar-refractivity contribution in [2.24, 2.45) is 10.4 Å². The van der Waals surface area contributed by atoms with Crippen molar-refractivity contribution in [1.29, 1.82) is 0 Å². The van der Waals surface area contributed by atoms with Crippen LogP contribution in [-0.2, 0) is 14.8 Å². The average Bonchev–Trinajstić information content (AvgIpc) is 2.53. The Bertz CT molecular complexity index is 476. The van der Waals surface area contributed by atoms with Gasteiger partial charge in [0.15, 0.2) is 5.96 Å². The predicted molar refractivity (Wildman–Crippen MR) is 98.8 cm³/mol. The number of rotatable bonds is 12. The predicted octanol–water partition coefficient (Wildman–Crippen LogP) is 1.08. The van der Waals surface area contributed by atoms with E-state index < -0.39 is 10.0 Å². The van der Waals surface area contributed by atoms with Gasteiger partial charge in [-0.25, -0.2) is 13.1 Å². The lowest BCUT2D eigenvalue weighted by Gasteiger charge is -2.40. The van der Waals surface area contributed by atoms with Gasteiger partial charge in [0.25, 0.3) is 0 Å². The number of aliphatic imine (C=N–C) groups is 1. The summed E-state index contributed by atoms with van der Waals surface area (Å²) < 4.78 is 30.5. The molecule has 1 rings (SSSR count). The van der Waals surface area contributed by atoms with Crippen molar-refractivity contribution in [3.63, 3.8) is 0 Å². The summed E-state index contributed by atoms with van der Waals surface area (Å²) in [5.74, 6) is 0.924. The first kappa shape index (κ1) is 21.2. The zero-order valence-corrected chi connectivity index (χ0v) is 16.2. The molecule has 0 radical (unpaired) electrons. The van der Waals surface area contributed by atoms with E-state index in [2.05, 4.69) is 15.4 Å². The number of hydrogen-bond acceptors (Lipinski definition) is 4. The number of guanidine groups is 1. The highest BCUT2D eigenvalue weighted by Crippen LogP contribution is 2.44. The van der Waals surface area contributed by atoms with E-state index in [1.165, 1.54) is 19.3 Å². The van der Waals surface area contributed by atoms with Gasteiger partial charge in [-0.1, -0.05) is 6.42 Å². The van der Waals surface area contributed by atoms with Crippen LogP contribution in [0.25, 0.3) is 0 Å². The van der Waals surface area contributed by atoms with Gasteiger partial charge in [-0.3, -0.25) is 4.99 Å². The Morgan fingerprint density at radius 3 is 2.50 bits per heavy atom. The van der Waals surface area contributed by atoms with Gasteiger partial charge >= 0.3 is 0 Å². The molecule has 0 aromatic rings. The van der Waals surface area contributed by atoms with Gasteiger partial charge in [0.2, 0.25) is 10.0 Å². The fraction of sp³-hybridized carbons (Fsp3) is 0.938. The molecule has 0 saturated heterocycles. The molecule has 0 amide bonds. The molecule has 0 aliphatic heterocycles. The smallest absolute Gasteiger partial charge is 0.211 e. The average molecular weight is 363 g/mol. The van der Waals surface area contributed by atoms with Crippen molar-refractivity contribution < 1.29 is 13.2 Å². The Morgan fingerprint density at radius 2 is 1.96 bits per heavy atom. The van der Waals surface area contributed by atoms with Crippen molar-refractivity contribution in [1.82, 2.24) is 15.4 Å². The quantitative estimate of drug-likeness (QED) is 0.274. The Kier molecular flexibility index (Phi) is 9.61. The molecule has 1 saturated carbocycles. The molecule has 0 bridgehead atoms. The summed E-state index contributed by atoms with van der Waals surface area (Å²) in [4.78, 5) is 4.72. The molecule has 24 heavy (non-hydrogen) atoms. The topological polar surface area (TPSA) is 91.8 Å². The maximum atomic E-state index is 11.4. The maximum absolute atomic E-state index is 11.4. The standard InChI is InChI=1S/C16H34N4O3S/c1-4-17-15(18-11-7-12-20-24(21,22)5-2)19-14-16(8-6-9-16)10-13-23-3/h20H,4-14H2,1-3H3,(H2,17,18,19). The molecule has 0 aromatic carbocycles. The van der Waals surface area contributed by atoms with Gasteiger partial charge < -0.3 is 15.4 Å². The number of methoxy groups -OCH3 is 1. The molecule has 0 spiro atoms. The molecule has 1 aliphatic carbocycles. The van der Waals surface area contributed by atoms with Gasteiger partial charge in [0, 0.05) is 39.9 Å². The third-order valence-corrected chi connectivity index (χ3v) is 5.92. The van der Waals surface area contributed by atoms with Crippen LogP contribution in [0, 0.1) is 5.41 Å². The normalized spacial score (nSPS) is 17.4. The molecule has 142 valence electrons. The minimum Gasteiger partial charge on any atom is -0.385 e. The largest absolute Gasteiger partial charge is 0.385 e. The first-order valence-electron chi connectivity index (χ1n) is 8.95. The summed E-state index contributed by atoms with van der Waals surface area (Å²) in [6, 6.07) is 0. The molecule has 0 unspecified atom stereocenters. The molecular weight excluding hydrogens is 328 g/mol. The second kappa shape index (κ2) is 10.9. The molecule has 0 heterocycles. The molecule has 1 aliphatic rings. The highest BCUT2D eigenvalue weighted by atomic mass is 32.2. The number of sulfonamides is 1. The molecule has 0 aromatic heterocycles. The van der Waals surface area contributed by atoms with Crippen molar-refractivity contribution in [2.45, 2.75) is 46.0 Å². The van der Waals surface area contributed by atoms with E-state index in [1.807, 2.05) is 6.92 Å². The first-order valence-corrected chi connectivity index (χ1v) is 10.6. The van der Waals surface area contributed by atoms with Gasteiger partial charge in [-0.15, -0.1) is 0 Å². The fourth-order valence-electron chi connectivity index (χ4n) is 2.70. The maximum Gasteiger partial charge on any atom is 0.211 e. The molecule has 8 heteroatoms. The lowest BCUT2D eigenvalue weighted by Crippen LogP contribution is -2.41. The summed E-state index contributed by atoms with van der Waals surface area (Å²) in [7, 11) is -1.36. The van der Waals surface area contributed by atoms with Crippen LogP contribution in [0.4, 0.5) is 0 Å². The molecular formula is C16H34N4O3S. The van der Waals surface area contributed by atoms with Crippen LogP contribution >= 0.6 is 0 Å². The van der Waals surface area contributed by atoms with Crippen LogP contribution in [0.5, 0.6) is 0 Å². The Labute approximate surface area is 147 Å². The lowest BCUT2D eigenvalue weighted by atomic mass is 9.67. The summed E-state index contributed by atoms with van der Waals surface area (Å²) >= 11 is 0. The number of hydrogen-bond donors (Lipinski definition) is 3. The third-order valence-electron chi connectivity index (χ3n) is 4.52. The Hall–Kier alpha value is -0.860.